The topological polar surface area (TPSA) is 0 Å². The molecule has 9 heteroatoms. The Labute approximate surface area is 84.4 Å². The normalized spacial score (nSPS) is 18.4. The predicted octanol–water partition coefficient (Wildman–Crippen LogP) is 3.72. The van der Waals surface area contributed by atoms with Gasteiger partial charge >= 0.3 is 18.0 Å². The number of hydrogen-bond acceptors (Lipinski definition) is 0. The zero-order valence-electron chi connectivity index (χ0n) is 7.47. The minimum absolute atomic E-state index is 1.19. The van der Waals surface area contributed by atoms with E-state index in [0.29, 0.717) is 0 Å². The van der Waals surface area contributed by atoms with Crippen LogP contribution in [-0.2, 0) is 0 Å². The second-order valence-electron chi connectivity index (χ2n) is 2.90. The van der Waals surface area contributed by atoms with Gasteiger partial charge in [0.25, 0.3) is 0 Å². The first kappa shape index (κ1) is 15.4. The molecular formula is C7H6F9. The summed E-state index contributed by atoms with van der Waals surface area (Å²) >= 11 is 0. The highest BCUT2D eigenvalue weighted by atomic mass is 19.4. The molecule has 0 amide bonds. The molecule has 0 fully saturated rings. The largest absolute Gasteiger partial charge is 0.459 e. The summed E-state index contributed by atoms with van der Waals surface area (Å²) in [6, 6.07) is 0. The Balaban J connectivity index is 5.19. The van der Waals surface area contributed by atoms with Crippen LogP contribution in [0, 0.1) is 6.92 Å². The van der Waals surface area contributed by atoms with Crippen LogP contribution >= 0.6 is 0 Å². The first-order chi connectivity index (χ1) is 6.89. The summed E-state index contributed by atoms with van der Waals surface area (Å²) in [5.74, 6) is -12.8. The molecule has 0 aromatic rings. The molecule has 16 heavy (non-hydrogen) atoms. The summed E-state index contributed by atoms with van der Waals surface area (Å²) in [7, 11) is 0. The van der Waals surface area contributed by atoms with Crippen LogP contribution in [0.2, 0.25) is 0 Å². The van der Waals surface area contributed by atoms with Crippen molar-refractivity contribution in [2.75, 3.05) is 0 Å². The smallest absolute Gasteiger partial charge is 0.244 e. The minimum Gasteiger partial charge on any atom is -0.244 e. The molecule has 0 N–H and O–H groups in total. The monoisotopic (exact) mass is 261 g/mol. The lowest BCUT2D eigenvalue weighted by molar-refractivity contribution is -0.368. The second-order valence-corrected chi connectivity index (χ2v) is 2.90. The Kier molecular flexibility index (Phi) is 4.15. The van der Waals surface area contributed by atoms with Crippen LogP contribution in [0.5, 0.6) is 0 Å². The molecule has 0 saturated carbocycles. The van der Waals surface area contributed by atoms with Gasteiger partial charge in [0.1, 0.15) is 6.17 Å². The fraction of sp³-hybridized carbons (Fsp3) is 0.857. The molecule has 0 bridgehead atoms. The molecule has 0 nitrogen and oxygen atoms in total. The summed E-state index contributed by atoms with van der Waals surface area (Å²) in [6.45, 7) is 2.59. The van der Waals surface area contributed by atoms with Crippen LogP contribution in [-0.4, -0.2) is 30.4 Å². The van der Waals surface area contributed by atoms with E-state index in [1.807, 2.05) is 0 Å². The summed E-state index contributed by atoms with van der Waals surface area (Å²) < 4.78 is 108. The van der Waals surface area contributed by atoms with E-state index in [2.05, 4.69) is 6.92 Å². The van der Waals surface area contributed by atoms with Crippen molar-refractivity contribution in [3.05, 3.63) is 6.92 Å². The Bertz CT molecular complexity index is 231. The number of halogens is 9. The highest BCUT2D eigenvalue weighted by Crippen LogP contribution is 2.49. The quantitative estimate of drug-likeness (QED) is 0.676. The fourth-order valence-corrected chi connectivity index (χ4v) is 0.736. The minimum atomic E-state index is -6.66. The van der Waals surface area contributed by atoms with Gasteiger partial charge in [-0.3, -0.25) is 0 Å². The molecule has 0 saturated heterocycles. The lowest BCUT2D eigenvalue weighted by atomic mass is 10.0. The molecule has 0 spiro atoms. The van der Waals surface area contributed by atoms with Crippen LogP contribution in [0.3, 0.4) is 0 Å². The third-order valence-electron chi connectivity index (χ3n) is 1.71. The molecule has 1 unspecified atom stereocenters. The van der Waals surface area contributed by atoms with Gasteiger partial charge in [-0.05, 0) is 6.42 Å². The van der Waals surface area contributed by atoms with Crippen molar-refractivity contribution in [3.63, 3.8) is 0 Å². The molecule has 0 aliphatic rings. The second kappa shape index (κ2) is 4.33. The maximum absolute atomic E-state index is 12.5. The SMILES string of the molecule is [CH2]CC(F)[C@H](F)C(F)(F)C(F)(F)C(F)(F)F. The van der Waals surface area contributed by atoms with Crippen molar-refractivity contribution < 1.29 is 39.5 Å². The van der Waals surface area contributed by atoms with Crippen molar-refractivity contribution in [2.45, 2.75) is 36.8 Å². The zero-order valence-corrected chi connectivity index (χ0v) is 7.47. The van der Waals surface area contributed by atoms with E-state index in [9.17, 15) is 39.5 Å². The standard InChI is InChI=1S/C7H6F9/c1-2-3(8)4(9)5(10,11)6(12,13)7(14,15)16/h3-4H,1-2H2/t3?,4-/m0/s1. The van der Waals surface area contributed by atoms with Crippen molar-refractivity contribution in [1.29, 1.82) is 0 Å². The van der Waals surface area contributed by atoms with E-state index in [0.717, 1.165) is 0 Å². The lowest BCUT2D eigenvalue weighted by Crippen LogP contribution is -2.58. The van der Waals surface area contributed by atoms with E-state index in [1.165, 1.54) is 0 Å². The van der Waals surface area contributed by atoms with Gasteiger partial charge in [-0.25, -0.2) is 8.78 Å². The van der Waals surface area contributed by atoms with Gasteiger partial charge in [0.05, 0.1) is 0 Å². The van der Waals surface area contributed by atoms with Crippen LogP contribution in [0.15, 0.2) is 0 Å². The third kappa shape index (κ3) is 2.37. The zero-order chi connectivity index (χ0) is 13.4. The van der Waals surface area contributed by atoms with Crippen molar-refractivity contribution in [1.82, 2.24) is 0 Å². The predicted molar refractivity (Wildman–Crippen MR) is 35.7 cm³/mol. The van der Waals surface area contributed by atoms with Crippen LogP contribution in [0.4, 0.5) is 39.5 Å². The van der Waals surface area contributed by atoms with E-state index in [4.69, 9.17) is 0 Å². The maximum atomic E-state index is 12.5. The summed E-state index contributed by atoms with van der Waals surface area (Å²) in [6.07, 6.45) is -15.3. The van der Waals surface area contributed by atoms with E-state index in [-0.39, 0.29) is 0 Å². The molecule has 0 rings (SSSR count). The summed E-state index contributed by atoms with van der Waals surface area (Å²) in [5, 5.41) is 0. The Morgan fingerprint density at radius 1 is 0.875 bits per heavy atom. The Hall–Kier alpha value is -0.630. The molecule has 97 valence electrons. The highest BCUT2D eigenvalue weighted by molar-refractivity contribution is 4.98. The van der Waals surface area contributed by atoms with Crippen LogP contribution < -0.4 is 0 Å². The van der Waals surface area contributed by atoms with Gasteiger partial charge in [-0.15, -0.1) is 0 Å². The third-order valence-corrected chi connectivity index (χ3v) is 1.71. The van der Waals surface area contributed by atoms with Crippen LogP contribution in [0.1, 0.15) is 6.42 Å². The average Bonchev–Trinajstić information content (AvgIpc) is 2.13. The van der Waals surface area contributed by atoms with Crippen molar-refractivity contribution in [3.8, 4) is 0 Å². The fourth-order valence-electron chi connectivity index (χ4n) is 0.736. The molecule has 0 heterocycles. The highest BCUT2D eigenvalue weighted by Gasteiger charge is 2.76. The molecule has 0 aromatic heterocycles. The molecule has 0 aliphatic carbocycles. The van der Waals surface area contributed by atoms with Gasteiger partial charge in [-0.2, -0.15) is 30.7 Å². The number of rotatable bonds is 4. The number of hydrogen-bond donors (Lipinski definition) is 0. The molecule has 1 radical (unpaired) electrons. The number of alkyl halides is 9. The molecule has 0 aromatic carbocycles. The average molecular weight is 261 g/mol. The summed E-state index contributed by atoms with van der Waals surface area (Å²) in [4.78, 5) is 0. The van der Waals surface area contributed by atoms with Gasteiger partial charge in [-0.1, -0.05) is 6.92 Å². The first-order valence-corrected chi connectivity index (χ1v) is 3.79. The van der Waals surface area contributed by atoms with Crippen LogP contribution in [0.25, 0.3) is 0 Å². The lowest BCUT2D eigenvalue weighted by Gasteiger charge is -2.31. The Morgan fingerprint density at radius 2 is 1.25 bits per heavy atom. The van der Waals surface area contributed by atoms with Gasteiger partial charge < -0.3 is 0 Å². The Morgan fingerprint density at radius 3 is 1.50 bits per heavy atom. The van der Waals surface area contributed by atoms with Gasteiger partial charge in [0.2, 0.25) is 6.17 Å². The maximum Gasteiger partial charge on any atom is 0.459 e. The molecular weight excluding hydrogens is 255 g/mol. The molecule has 0 aliphatic heterocycles. The van der Waals surface area contributed by atoms with E-state index >= 15 is 0 Å². The van der Waals surface area contributed by atoms with E-state index in [1.54, 1.807) is 0 Å². The first-order valence-electron chi connectivity index (χ1n) is 3.79. The van der Waals surface area contributed by atoms with Crippen molar-refractivity contribution in [2.24, 2.45) is 0 Å². The molecule has 2 atom stereocenters. The van der Waals surface area contributed by atoms with Gasteiger partial charge in [0, 0.05) is 0 Å². The summed E-state index contributed by atoms with van der Waals surface area (Å²) in [5.41, 5.74) is 0. The van der Waals surface area contributed by atoms with Gasteiger partial charge in [0.15, 0.2) is 0 Å². The van der Waals surface area contributed by atoms with Crippen molar-refractivity contribution >= 4 is 0 Å². The van der Waals surface area contributed by atoms with E-state index < -0.39 is 36.8 Å².